The maximum atomic E-state index is 4.62. The van der Waals surface area contributed by atoms with Crippen LogP contribution in [0.2, 0.25) is 0 Å². The van der Waals surface area contributed by atoms with E-state index in [1.807, 2.05) is 42.5 Å². The summed E-state index contributed by atoms with van der Waals surface area (Å²) in [5.41, 5.74) is 7.86. The molecule has 0 spiro atoms. The predicted molar refractivity (Wildman–Crippen MR) is 104 cm³/mol. The molecule has 5 N–H and O–H groups in total. The van der Waals surface area contributed by atoms with Crippen molar-refractivity contribution in [3.63, 3.8) is 0 Å². The Labute approximate surface area is 144 Å². The summed E-state index contributed by atoms with van der Waals surface area (Å²) in [5, 5.41) is 0. The SMILES string of the molecule is C1=Cc2cc3ccc(cc4ccc(cc5nc(cc1n2)C=C5)[nH]4)[nH]3.N. The van der Waals surface area contributed by atoms with Gasteiger partial charge in [0, 0.05) is 22.1 Å². The number of rotatable bonds is 0. The molecule has 0 aliphatic carbocycles. The van der Waals surface area contributed by atoms with Crippen LogP contribution in [0.4, 0.5) is 0 Å². The van der Waals surface area contributed by atoms with Gasteiger partial charge in [-0.15, -0.1) is 0 Å². The molecule has 0 fully saturated rings. The van der Waals surface area contributed by atoms with Crippen molar-refractivity contribution in [1.82, 2.24) is 26.1 Å². The van der Waals surface area contributed by atoms with Crippen molar-refractivity contribution < 1.29 is 0 Å². The van der Waals surface area contributed by atoms with Crippen LogP contribution in [0.15, 0.2) is 48.5 Å². The van der Waals surface area contributed by atoms with Crippen LogP contribution in [-0.2, 0) is 0 Å². The van der Waals surface area contributed by atoms with Crippen LogP contribution >= 0.6 is 0 Å². The molecular weight excluding hydrogens is 310 g/mol. The van der Waals surface area contributed by atoms with Crippen molar-refractivity contribution >= 4 is 46.4 Å². The molecule has 0 saturated heterocycles. The van der Waals surface area contributed by atoms with E-state index >= 15 is 0 Å². The molecule has 5 heterocycles. The first-order chi connectivity index (χ1) is 11.8. The summed E-state index contributed by atoms with van der Waals surface area (Å²) >= 11 is 0. The Morgan fingerprint density at radius 1 is 0.480 bits per heavy atom. The Balaban J connectivity index is 0.00000157. The zero-order valence-corrected chi connectivity index (χ0v) is 13.5. The van der Waals surface area contributed by atoms with Gasteiger partial charge in [0.15, 0.2) is 0 Å². The second-order valence-corrected chi connectivity index (χ2v) is 5.91. The second-order valence-electron chi connectivity index (χ2n) is 5.91. The minimum Gasteiger partial charge on any atom is -0.355 e. The summed E-state index contributed by atoms with van der Waals surface area (Å²) in [6.45, 7) is 0. The molecule has 0 unspecified atom stereocenters. The number of hydrogen-bond donors (Lipinski definition) is 3. The summed E-state index contributed by atoms with van der Waals surface area (Å²) in [6.07, 6.45) is 8.05. The number of nitrogens with one attached hydrogen (secondary N) is 2. The number of nitrogens with zero attached hydrogens (tertiary/aromatic N) is 2. The standard InChI is InChI=1S/C20H14N4.H3N/c1-2-14-10-16-5-6-18(23-16)12-20-8-7-19(24-20)11-17-4-3-15(22-17)9-13(1)21-14;/h1-12,21-22H;1H3. The molecule has 0 amide bonds. The van der Waals surface area contributed by atoms with Gasteiger partial charge in [-0.3, -0.25) is 0 Å². The molecule has 0 atom stereocenters. The Morgan fingerprint density at radius 3 is 1.28 bits per heavy atom. The van der Waals surface area contributed by atoms with E-state index in [4.69, 9.17) is 0 Å². The Bertz CT molecular complexity index is 1070. The van der Waals surface area contributed by atoms with Crippen molar-refractivity contribution in [2.45, 2.75) is 0 Å². The highest BCUT2D eigenvalue weighted by atomic mass is 14.8. The molecular formula is C20H17N5. The van der Waals surface area contributed by atoms with Crippen LogP contribution in [0.3, 0.4) is 0 Å². The van der Waals surface area contributed by atoms with Crippen molar-refractivity contribution in [3.05, 3.63) is 71.3 Å². The first kappa shape index (κ1) is 15.1. The van der Waals surface area contributed by atoms with Crippen LogP contribution in [0.5, 0.6) is 0 Å². The summed E-state index contributed by atoms with van der Waals surface area (Å²) in [5.74, 6) is 0. The van der Waals surface area contributed by atoms with Crippen LogP contribution in [0.25, 0.3) is 46.4 Å². The van der Waals surface area contributed by atoms with Crippen LogP contribution in [-0.4, -0.2) is 19.9 Å². The molecule has 5 nitrogen and oxygen atoms in total. The fraction of sp³-hybridized carbons (Fsp3) is 0. The number of hydrogen-bond acceptors (Lipinski definition) is 3. The first-order valence-electron chi connectivity index (χ1n) is 7.85. The number of fused-ring (bicyclic) bond motifs is 8. The number of aromatic amines is 2. The van der Waals surface area contributed by atoms with Gasteiger partial charge in [0.2, 0.25) is 0 Å². The predicted octanol–water partition coefficient (Wildman–Crippen LogP) is 4.82. The van der Waals surface area contributed by atoms with Crippen LogP contribution < -0.4 is 6.15 Å². The smallest absolute Gasteiger partial charge is 0.0659 e. The highest BCUT2D eigenvalue weighted by Gasteiger charge is 2.02. The monoisotopic (exact) mass is 327 g/mol. The Hall–Kier alpha value is -3.44. The summed E-state index contributed by atoms with van der Waals surface area (Å²) < 4.78 is 0. The van der Waals surface area contributed by atoms with Crippen molar-refractivity contribution in [3.8, 4) is 0 Å². The van der Waals surface area contributed by atoms with Gasteiger partial charge >= 0.3 is 0 Å². The molecule has 5 rings (SSSR count). The quantitative estimate of drug-likeness (QED) is 0.381. The molecule has 25 heavy (non-hydrogen) atoms. The lowest BCUT2D eigenvalue weighted by Crippen LogP contribution is -1.77. The van der Waals surface area contributed by atoms with E-state index in [1.165, 1.54) is 0 Å². The highest BCUT2D eigenvalue weighted by Crippen LogP contribution is 2.17. The molecule has 3 aromatic rings. The second kappa shape index (κ2) is 5.89. The van der Waals surface area contributed by atoms with Gasteiger partial charge in [-0.1, -0.05) is 0 Å². The van der Waals surface area contributed by atoms with Crippen molar-refractivity contribution in [2.24, 2.45) is 0 Å². The summed E-state index contributed by atoms with van der Waals surface area (Å²) in [4.78, 5) is 16.0. The van der Waals surface area contributed by atoms with E-state index in [0.29, 0.717) is 0 Å². The van der Waals surface area contributed by atoms with E-state index in [-0.39, 0.29) is 6.15 Å². The molecule has 8 bridgehead atoms. The van der Waals surface area contributed by atoms with Gasteiger partial charge in [-0.25, -0.2) is 9.97 Å². The lowest BCUT2D eigenvalue weighted by Gasteiger charge is -1.86. The average Bonchev–Trinajstić information content (AvgIpc) is 3.32. The normalized spacial score (nSPS) is 12.2. The maximum Gasteiger partial charge on any atom is 0.0659 e. The molecule has 0 aromatic carbocycles. The maximum absolute atomic E-state index is 4.62. The van der Waals surface area contributed by atoms with Gasteiger partial charge < -0.3 is 16.1 Å². The zero-order chi connectivity index (χ0) is 15.9. The minimum atomic E-state index is 0. The van der Waals surface area contributed by atoms with E-state index in [9.17, 15) is 0 Å². The van der Waals surface area contributed by atoms with Gasteiger partial charge in [0.05, 0.1) is 22.8 Å². The van der Waals surface area contributed by atoms with Crippen LogP contribution in [0.1, 0.15) is 22.8 Å². The van der Waals surface area contributed by atoms with E-state index in [1.54, 1.807) is 0 Å². The third-order valence-corrected chi connectivity index (χ3v) is 4.04. The third-order valence-electron chi connectivity index (χ3n) is 4.04. The molecule has 0 saturated carbocycles. The zero-order valence-electron chi connectivity index (χ0n) is 13.5. The largest absolute Gasteiger partial charge is 0.355 e. The van der Waals surface area contributed by atoms with Gasteiger partial charge in [0.1, 0.15) is 0 Å². The highest BCUT2D eigenvalue weighted by molar-refractivity contribution is 5.77. The molecule has 3 aromatic heterocycles. The van der Waals surface area contributed by atoms with E-state index in [2.05, 4.69) is 50.3 Å². The first-order valence-corrected chi connectivity index (χ1v) is 7.85. The number of H-pyrrole nitrogens is 2. The molecule has 2 aliphatic heterocycles. The van der Waals surface area contributed by atoms with Crippen LogP contribution in [0, 0.1) is 0 Å². The van der Waals surface area contributed by atoms with Gasteiger partial charge in [-0.2, -0.15) is 0 Å². The topological polar surface area (TPSA) is 92.4 Å². The Morgan fingerprint density at radius 2 is 0.840 bits per heavy atom. The van der Waals surface area contributed by atoms with E-state index < -0.39 is 0 Å². The Kier molecular flexibility index (Phi) is 3.56. The molecule has 5 heteroatoms. The fourth-order valence-corrected chi connectivity index (χ4v) is 2.94. The van der Waals surface area contributed by atoms with Gasteiger partial charge in [0.25, 0.3) is 0 Å². The third kappa shape index (κ3) is 3.00. The molecule has 122 valence electrons. The van der Waals surface area contributed by atoms with Crippen molar-refractivity contribution in [2.75, 3.05) is 0 Å². The minimum absolute atomic E-state index is 0. The fourth-order valence-electron chi connectivity index (χ4n) is 2.94. The van der Waals surface area contributed by atoms with Gasteiger partial charge in [-0.05, 0) is 72.8 Å². The lowest BCUT2D eigenvalue weighted by molar-refractivity contribution is 1.28. The average molecular weight is 327 g/mol. The summed E-state index contributed by atoms with van der Waals surface area (Å²) in [7, 11) is 0. The van der Waals surface area contributed by atoms with Crippen molar-refractivity contribution in [1.29, 1.82) is 0 Å². The summed E-state index contributed by atoms with van der Waals surface area (Å²) in [6, 6.07) is 16.4. The lowest BCUT2D eigenvalue weighted by atomic mass is 10.3. The molecule has 0 radical (unpaired) electrons. The number of aromatic nitrogens is 4. The molecule has 2 aliphatic rings. The van der Waals surface area contributed by atoms with E-state index in [0.717, 1.165) is 44.8 Å².